The van der Waals surface area contributed by atoms with Crippen molar-refractivity contribution in [1.82, 2.24) is 10.2 Å². The van der Waals surface area contributed by atoms with Crippen molar-refractivity contribution in [2.75, 3.05) is 44.3 Å². The minimum absolute atomic E-state index is 0.0832. The highest BCUT2D eigenvalue weighted by Crippen LogP contribution is 2.02. The lowest BCUT2D eigenvalue weighted by molar-refractivity contribution is -0.122. The first-order valence-corrected chi connectivity index (χ1v) is 6.66. The van der Waals surface area contributed by atoms with Gasteiger partial charge in [0.1, 0.15) is 0 Å². The molecule has 1 aliphatic rings. The first-order valence-electron chi connectivity index (χ1n) is 4.84. The van der Waals surface area contributed by atoms with Crippen molar-refractivity contribution in [2.45, 2.75) is 0 Å². The first-order chi connectivity index (χ1) is 7.03. The number of carbonyl (C=O) groups is 1. The number of sulfone groups is 1. The van der Waals surface area contributed by atoms with Crippen molar-refractivity contribution in [3.8, 4) is 0 Å². The van der Waals surface area contributed by atoms with E-state index in [0.717, 1.165) is 0 Å². The Labute approximate surface area is 89.2 Å². The summed E-state index contributed by atoms with van der Waals surface area (Å²) in [5, 5.41) is 11.0. The van der Waals surface area contributed by atoms with Crippen molar-refractivity contribution < 1.29 is 18.3 Å². The average Bonchev–Trinajstić information content (AvgIpc) is 2.18. The van der Waals surface area contributed by atoms with E-state index >= 15 is 0 Å². The van der Waals surface area contributed by atoms with Gasteiger partial charge in [0.25, 0.3) is 0 Å². The Balaban J connectivity index is 2.26. The molecule has 2 N–H and O–H groups in total. The van der Waals surface area contributed by atoms with Crippen LogP contribution in [0.15, 0.2) is 0 Å². The molecule has 0 radical (unpaired) electrons. The SMILES string of the molecule is O=C(CN1CCS(=O)(=O)CC1)NCCO. The predicted octanol–water partition coefficient (Wildman–Crippen LogP) is -2.17. The van der Waals surface area contributed by atoms with Gasteiger partial charge in [-0.1, -0.05) is 0 Å². The van der Waals surface area contributed by atoms with E-state index in [1.165, 1.54) is 0 Å². The van der Waals surface area contributed by atoms with Crippen molar-refractivity contribution in [3.05, 3.63) is 0 Å². The van der Waals surface area contributed by atoms with Crippen LogP contribution in [0.1, 0.15) is 0 Å². The fraction of sp³-hybridized carbons (Fsp3) is 0.875. The van der Waals surface area contributed by atoms with Crippen LogP contribution in [0.2, 0.25) is 0 Å². The highest BCUT2D eigenvalue weighted by atomic mass is 32.2. The van der Waals surface area contributed by atoms with Crippen molar-refractivity contribution >= 4 is 15.7 Å². The summed E-state index contributed by atoms with van der Waals surface area (Å²) >= 11 is 0. The fourth-order valence-corrected chi connectivity index (χ4v) is 2.64. The Kier molecular flexibility index (Phi) is 4.49. The largest absolute Gasteiger partial charge is 0.395 e. The third-order valence-electron chi connectivity index (χ3n) is 2.24. The number of carbonyl (C=O) groups excluding carboxylic acids is 1. The van der Waals surface area contributed by atoms with Crippen molar-refractivity contribution in [1.29, 1.82) is 0 Å². The number of rotatable bonds is 4. The fourth-order valence-electron chi connectivity index (χ4n) is 1.36. The van der Waals surface area contributed by atoms with E-state index in [9.17, 15) is 13.2 Å². The maximum Gasteiger partial charge on any atom is 0.234 e. The van der Waals surface area contributed by atoms with Gasteiger partial charge in [-0.25, -0.2) is 8.42 Å². The van der Waals surface area contributed by atoms with Crippen LogP contribution in [0.25, 0.3) is 0 Å². The first kappa shape index (κ1) is 12.4. The Morgan fingerprint density at radius 2 is 1.93 bits per heavy atom. The summed E-state index contributed by atoms with van der Waals surface area (Å²) in [6.45, 7) is 1.18. The van der Waals surface area contributed by atoms with Crippen LogP contribution in [0.3, 0.4) is 0 Å². The standard InChI is InChI=1S/C8H16N2O4S/c11-4-1-9-8(12)7-10-2-5-15(13,14)6-3-10/h11H,1-7H2,(H,9,12). The zero-order chi connectivity index (χ0) is 11.3. The number of nitrogens with one attached hydrogen (secondary N) is 1. The molecule has 1 fully saturated rings. The lowest BCUT2D eigenvalue weighted by atomic mass is 10.4. The molecule has 0 bridgehead atoms. The molecular weight excluding hydrogens is 220 g/mol. The zero-order valence-corrected chi connectivity index (χ0v) is 9.29. The number of aliphatic hydroxyl groups is 1. The third-order valence-corrected chi connectivity index (χ3v) is 3.85. The highest BCUT2D eigenvalue weighted by molar-refractivity contribution is 7.91. The van der Waals surface area contributed by atoms with Gasteiger partial charge in [-0.3, -0.25) is 9.69 Å². The second-order valence-electron chi connectivity index (χ2n) is 3.50. The summed E-state index contributed by atoms with van der Waals surface area (Å²) in [6, 6.07) is 0. The molecule has 1 amide bonds. The molecule has 1 saturated heterocycles. The van der Waals surface area contributed by atoms with Crippen LogP contribution in [-0.2, 0) is 14.6 Å². The highest BCUT2D eigenvalue weighted by Gasteiger charge is 2.22. The quantitative estimate of drug-likeness (QED) is 0.580. The van der Waals surface area contributed by atoms with Gasteiger partial charge in [-0.2, -0.15) is 0 Å². The summed E-state index contributed by atoms with van der Waals surface area (Å²) in [5.74, 6) is 0.0731. The van der Waals surface area contributed by atoms with Crippen LogP contribution in [-0.4, -0.2) is 68.6 Å². The normalized spacial score (nSPS) is 21.1. The summed E-state index contributed by atoms with van der Waals surface area (Å²) in [7, 11) is -2.88. The van der Waals surface area contributed by atoms with E-state index in [2.05, 4.69) is 5.32 Å². The van der Waals surface area contributed by atoms with Gasteiger partial charge in [0, 0.05) is 19.6 Å². The van der Waals surface area contributed by atoms with Gasteiger partial charge in [0.15, 0.2) is 9.84 Å². The van der Waals surface area contributed by atoms with Gasteiger partial charge < -0.3 is 10.4 Å². The molecule has 1 rings (SSSR count). The van der Waals surface area contributed by atoms with E-state index in [0.29, 0.717) is 13.1 Å². The number of aliphatic hydroxyl groups excluding tert-OH is 1. The lowest BCUT2D eigenvalue weighted by Gasteiger charge is -2.25. The average molecular weight is 236 g/mol. The molecule has 0 aliphatic carbocycles. The topological polar surface area (TPSA) is 86.7 Å². The predicted molar refractivity (Wildman–Crippen MR) is 55.2 cm³/mol. The van der Waals surface area contributed by atoms with E-state index in [1.807, 2.05) is 0 Å². The zero-order valence-electron chi connectivity index (χ0n) is 8.48. The van der Waals surface area contributed by atoms with Crippen LogP contribution in [0.4, 0.5) is 0 Å². The number of hydrogen-bond acceptors (Lipinski definition) is 5. The minimum Gasteiger partial charge on any atom is -0.395 e. The Morgan fingerprint density at radius 3 is 2.47 bits per heavy atom. The molecule has 7 heteroatoms. The van der Waals surface area contributed by atoms with Crippen LogP contribution < -0.4 is 5.32 Å². The molecule has 1 heterocycles. The van der Waals surface area contributed by atoms with Gasteiger partial charge >= 0.3 is 0 Å². The Bertz CT molecular complexity index is 301. The van der Waals surface area contributed by atoms with E-state index in [4.69, 9.17) is 5.11 Å². The summed E-state index contributed by atoms with van der Waals surface area (Å²) < 4.78 is 22.2. The maximum absolute atomic E-state index is 11.2. The second kappa shape index (κ2) is 5.43. The summed E-state index contributed by atoms with van der Waals surface area (Å²) in [5.41, 5.74) is 0. The molecule has 0 aromatic heterocycles. The van der Waals surface area contributed by atoms with Crippen LogP contribution in [0.5, 0.6) is 0 Å². The smallest absolute Gasteiger partial charge is 0.234 e. The van der Waals surface area contributed by atoms with Gasteiger partial charge in [-0.15, -0.1) is 0 Å². The van der Waals surface area contributed by atoms with E-state index < -0.39 is 9.84 Å². The third kappa shape index (κ3) is 4.59. The molecule has 88 valence electrons. The van der Waals surface area contributed by atoms with E-state index in [1.54, 1.807) is 4.90 Å². The minimum atomic E-state index is -2.88. The molecule has 0 atom stereocenters. The van der Waals surface area contributed by atoms with Crippen molar-refractivity contribution in [3.63, 3.8) is 0 Å². The summed E-state index contributed by atoms with van der Waals surface area (Å²) in [6.07, 6.45) is 0. The molecule has 0 aromatic carbocycles. The molecule has 1 aliphatic heterocycles. The number of hydrogen-bond donors (Lipinski definition) is 2. The Morgan fingerprint density at radius 1 is 1.33 bits per heavy atom. The molecular formula is C8H16N2O4S. The van der Waals surface area contributed by atoms with Crippen LogP contribution >= 0.6 is 0 Å². The monoisotopic (exact) mass is 236 g/mol. The molecule has 0 aromatic rings. The van der Waals surface area contributed by atoms with E-state index in [-0.39, 0.29) is 37.1 Å². The van der Waals surface area contributed by atoms with Gasteiger partial charge in [-0.05, 0) is 0 Å². The molecule has 0 spiro atoms. The molecule has 0 saturated carbocycles. The van der Waals surface area contributed by atoms with Gasteiger partial charge in [0.05, 0.1) is 24.7 Å². The van der Waals surface area contributed by atoms with Crippen LogP contribution in [0, 0.1) is 0 Å². The lowest BCUT2D eigenvalue weighted by Crippen LogP contribution is -2.45. The number of nitrogens with zero attached hydrogens (tertiary/aromatic N) is 1. The molecule has 0 unspecified atom stereocenters. The Hall–Kier alpha value is -0.660. The molecule has 15 heavy (non-hydrogen) atoms. The van der Waals surface area contributed by atoms with Gasteiger partial charge in [0.2, 0.25) is 5.91 Å². The molecule has 6 nitrogen and oxygen atoms in total. The van der Waals surface area contributed by atoms with Crippen molar-refractivity contribution in [2.24, 2.45) is 0 Å². The second-order valence-corrected chi connectivity index (χ2v) is 5.81. The number of amides is 1. The maximum atomic E-state index is 11.2. The summed E-state index contributed by atoms with van der Waals surface area (Å²) in [4.78, 5) is 13.0.